The van der Waals surface area contributed by atoms with Crippen molar-refractivity contribution in [2.45, 2.75) is 11.3 Å². The zero-order chi connectivity index (χ0) is 19.2. The Bertz CT molecular complexity index is 865. The number of nitrogens with zero attached hydrogens (tertiary/aromatic N) is 1. The summed E-state index contributed by atoms with van der Waals surface area (Å²) >= 11 is 0. The van der Waals surface area contributed by atoms with E-state index in [1.165, 1.54) is 45.7 Å². The van der Waals surface area contributed by atoms with E-state index in [0.29, 0.717) is 23.1 Å². The molecule has 0 spiro atoms. The number of carbonyl (C=O) groups excluding carboxylic acids is 1. The Morgan fingerprint density at radius 2 is 1.77 bits per heavy atom. The monoisotopic (exact) mass is 380 g/mol. The van der Waals surface area contributed by atoms with Gasteiger partial charge < -0.3 is 19.5 Å². The summed E-state index contributed by atoms with van der Waals surface area (Å²) in [5, 5.41) is 2.59. The average Bonchev–Trinajstić information content (AvgIpc) is 2.66. The topological polar surface area (TPSA) is 104 Å². The number of carbonyl (C=O) groups is 1. The molecular formula is C17H20N2O6S. The lowest BCUT2D eigenvalue weighted by Crippen LogP contribution is -2.17. The van der Waals surface area contributed by atoms with Gasteiger partial charge in [0.15, 0.2) is 21.3 Å². The molecule has 0 atom stereocenters. The van der Waals surface area contributed by atoms with E-state index >= 15 is 0 Å². The fourth-order valence-electron chi connectivity index (χ4n) is 2.15. The van der Waals surface area contributed by atoms with Crippen LogP contribution in [0.3, 0.4) is 0 Å². The summed E-state index contributed by atoms with van der Waals surface area (Å²) in [5.41, 5.74) is 0.458. The zero-order valence-corrected chi connectivity index (χ0v) is 15.5. The molecule has 0 saturated carbocycles. The minimum absolute atomic E-state index is 0.0639. The third-order valence-corrected chi connectivity index (χ3v) is 5.25. The summed E-state index contributed by atoms with van der Waals surface area (Å²) in [5.74, 6) is 0.385. The van der Waals surface area contributed by atoms with E-state index < -0.39 is 15.7 Å². The van der Waals surface area contributed by atoms with E-state index in [1.54, 1.807) is 12.1 Å². The predicted molar refractivity (Wildman–Crippen MR) is 95.6 cm³/mol. The van der Waals surface area contributed by atoms with Crippen molar-refractivity contribution in [1.29, 1.82) is 0 Å². The van der Waals surface area contributed by atoms with Crippen LogP contribution in [-0.4, -0.2) is 46.4 Å². The highest BCUT2D eigenvalue weighted by Gasteiger charge is 2.19. The molecule has 1 aromatic carbocycles. The number of ether oxygens (including phenoxy) is 3. The molecular weight excluding hydrogens is 360 g/mol. The molecule has 1 N–H and O–H groups in total. The molecule has 0 fully saturated rings. The molecule has 0 aliphatic heterocycles. The van der Waals surface area contributed by atoms with Crippen LogP contribution in [0.5, 0.6) is 17.4 Å². The second-order valence-corrected chi connectivity index (χ2v) is 7.33. The summed E-state index contributed by atoms with van der Waals surface area (Å²) in [6.45, 7) is 0. The minimum atomic E-state index is -3.65. The highest BCUT2D eigenvalue weighted by molar-refractivity contribution is 7.91. The molecule has 0 unspecified atom stereocenters. The Kier molecular flexibility index (Phi) is 6.40. The van der Waals surface area contributed by atoms with Crippen LogP contribution < -0.4 is 19.5 Å². The van der Waals surface area contributed by atoms with Gasteiger partial charge >= 0.3 is 0 Å². The van der Waals surface area contributed by atoms with Gasteiger partial charge in [-0.15, -0.1) is 0 Å². The van der Waals surface area contributed by atoms with Crippen LogP contribution >= 0.6 is 0 Å². The maximum absolute atomic E-state index is 12.4. The molecule has 140 valence electrons. The summed E-state index contributed by atoms with van der Waals surface area (Å²) < 4.78 is 40.0. The summed E-state index contributed by atoms with van der Waals surface area (Å²) in [4.78, 5) is 16.0. The van der Waals surface area contributed by atoms with Crippen molar-refractivity contribution in [3.05, 3.63) is 36.5 Å². The van der Waals surface area contributed by atoms with E-state index in [0.717, 1.165) is 0 Å². The van der Waals surface area contributed by atoms with Crippen LogP contribution in [0.2, 0.25) is 0 Å². The third kappa shape index (κ3) is 4.85. The molecule has 9 heteroatoms. The number of hydrogen-bond donors (Lipinski definition) is 1. The molecule has 0 saturated heterocycles. The van der Waals surface area contributed by atoms with E-state index in [-0.39, 0.29) is 17.1 Å². The highest BCUT2D eigenvalue weighted by Crippen LogP contribution is 2.29. The number of hydrogen-bond acceptors (Lipinski definition) is 7. The van der Waals surface area contributed by atoms with Crippen molar-refractivity contribution in [2.75, 3.05) is 32.4 Å². The molecule has 2 rings (SSSR count). The van der Waals surface area contributed by atoms with E-state index in [1.807, 2.05) is 0 Å². The number of aromatic nitrogens is 1. The van der Waals surface area contributed by atoms with Crippen molar-refractivity contribution in [2.24, 2.45) is 0 Å². The van der Waals surface area contributed by atoms with Gasteiger partial charge in [-0.25, -0.2) is 13.4 Å². The van der Waals surface area contributed by atoms with Crippen molar-refractivity contribution in [1.82, 2.24) is 4.98 Å². The van der Waals surface area contributed by atoms with Crippen LogP contribution in [0.4, 0.5) is 5.69 Å². The molecule has 1 amide bonds. The van der Waals surface area contributed by atoms with Crippen molar-refractivity contribution in [3.8, 4) is 17.4 Å². The third-order valence-electron chi connectivity index (χ3n) is 3.54. The summed E-state index contributed by atoms with van der Waals surface area (Å²) in [7, 11) is 0.722. The largest absolute Gasteiger partial charge is 0.493 e. The molecule has 2 aromatic rings. The normalized spacial score (nSPS) is 10.9. The Hall–Kier alpha value is -2.81. The van der Waals surface area contributed by atoms with Crippen LogP contribution in [-0.2, 0) is 14.6 Å². The number of amides is 1. The number of anilines is 1. The smallest absolute Gasteiger partial charge is 0.225 e. The van der Waals surface area contributed by atoms with E-state index in [2.05, 4.69) is 10.3 Å². The predicted octanol–water partition coefficient (Wildman–Crippen LogP) is 1.91. The molecule has 8 nitrogen and oxygen atoms in total. The first-order valence-corrected chi connectivity index (χ1v) is 9.29. The lowest BCUT2D eigenvalue weighted by atomic mass is 10.3. The van der Waals surface area contributed by atoms with E-state index in [9.17, 15) is 13.2 Å². The van der Waals surface area contributed by atoms with Crippen molar-refractivity contribution < 1.29 is 27.4 Å². The fourth-order valence-corrected chi connectivity index (χ4v) is 3.41. The summed E-state index contributed by atoms with van der Waals surface area (Å²) in [6.07, 6.45) is 1.24. The molecule has 0 bridgehead atoms. The Labute approximate surface area is 152 Å². The standard InChI is InChI=1S/C17H20N2O6S/c1-23-14-6-5-13(10-15(14)24-2)26(21,22)9-8-16(20)19-12-4-7-17(25-3)18-11-12/h4-7,10-11H,8-9H2,1-3H3,(H,19,20). The first-order chi connectivity index (χ1) is 12.4. The average molecular weight is 380 g/mol. The van der Waals surface area contributed by atoms with Crippen LogP contribution in [0.25, 0.3) is 0 Å². The van der Waals surface area contributed by atoms with Gasteiger partial charge in [0, 0.05) is 18.6 Å². The number of sulfone groups is 1. The lowest BCUT2D eigenvalue weighted by molar-refractivity contribution is -0.115. The van der Waals surface area contributed by atoms with Gasteiger partial charge in [-0.1, -0.05) is 0 Å². The van der Waals surface area contributed by atoms with Gasteiger partial charge in [0.2, 0.25) is 11.8 Å². The van der Waals surface area contributed by atoms with Crippen LogP contribution in [0.1, 0.15) is 6.42 Å². The SMILES string of the molecule is COc1ccc(NC(=O)CCS(=O)(=O)c2ccc(OC)c(OC)c2)cn1. The first kappa shape index (κ1) is 19.5. The van der Waals surface area contributed by atoms with Gasteiger partial charge in [-0.3, -0.25) is 4.79 Å². The maximum Gasteiger partial charge on any atom is 0.225 e. The molecule has 1 heterocycles. The fraction of sp³-hybridized carbons (Fsp3) is 0.294. The second-order valence-electron chi connectivity index (χ2n) is 5.22. The van der Waals surface area contributed by atoms with Gasteiger partial charge in [0.05, 0.1) is 43.9 Å². The number of nitrogens with one attached hydrogen (secondary N) is 1. The van der Waals surface area contributed by atoms with Gasteiger partial charge in [0.25, 0.3) is 0 Å². The first-order valence-electron chi connectivity index (χ1n) is 7.64. The highest BCUT2D eigenvalue weighted by atomic mass is 32.2. The van der Waals surface area contributed by atoms with Crippen molar-refractivity contribution in [3.63, 3.8) is 0 Å². The van der Waals surface area contributed by atoms with Crippen LogP contribution in [0.15, 0.2) is 41.4 Å². The number of rotatable bonds is 8. The number of methoxy groups -OCH3 is 3. The number of pyridine rings is 1. The summed E-state index contributed by atoms with van der Waals surface area (Å²) in [6, 6.07) is 7.51. The maximum atomic E-state index is 12.4. The molecule has 1 aromatic heterocycles. The molecule has 26 heavy (non-hydrogen) atoms. The second kappa shape index (κ2) is 8.52. The van der Waals surface area contributed by atoms with Crippen molar-refractivity contribution >= 4 is 21.4 Å². The van der Waals surface area contributed by atoms with Gasteiger partial charge in [-0.2, -0.15) is 0 Å². The van der Waals surface area contributed by atoms with Gasteiger partial charge in [-0.05, 0) is 18.2 Å². The molecule has 0 aliphatic rings. The Balaban J connectivity index is 2.01. The van der Waals surface area contributed by atoms with Gasteiger partial charge in [0.1, 0.15) is 0 Å². The zero-order valence-electron chi connectivity index (χ0n) is 14.7. The Morgan fingerprint density at radius 1 is 1.04 bits per heavy atom. The quantitative estimate of drug-likeness (QED) is 0.746. The minimum Gasteiger partial charge on any atom is -0.493 e. The number of benzene rings is 1. The van der Waals surface area contributed by atoms with Crippen LogP contribution in [0, 0.1) is 0 Å². The Morgan fingerprint density at radius 3 is 2.35 bits per heavy atom. The molecule has 0 radical (unpaired) electrons. The molecule has 0 aliphatic carbocycles. The lowest BCUT2D eigenvalue weighted by Gasteiger charge is -2.10. The van der Waals surface area contributed by atoms with E-state index in [4.69, 9.17) is 14.2 Å².